The molecule has 0 bridgehead atoms. The number of benzene rings is 2. The van der Waals surface area contributed by atoms with Crippen LogP contribution in [0.5, 0.6) is 11.5 Å². The molecule has 0 amide bonds. The highest BCUT2D eigenvalue weighted by Crippen LogP contribution is 2.32. The van der Waals surface area contributed by atoms with E-state index in [-0.39, 0.29) is 11.7 Å². The van der Waals surface area contributed by atoms with Gasteiger partial charge in [-0.15, -0.1) is 0 Å². The van der Waals surface area contributed by atoms with Gasteiger partial charge >= 0.3 is 0 Å². The Kier molecular flexibility index (Phi) is 5.17. The molecule has 4 heteroatoms. The molecule has 2 N–H and O–H groups in total. The summed E-state index contributed by atoms with van der Waals surface area (Å²) in [5, 5.41) is 0. The molecule has 112 valence electrons. The van der Waals surface area contributed by atoms with Gasteiger partial charge in [0.1, 0.15) is 17.3 Å². The molecule has 0 aliphatic rings. The number of nitrogens with two attached hydrogens (primary N) is 1. The average Bonchev–Trinajstić information content (AvgIpc) is 2.52. The van der Waals surface area contributed by atoms with Gasteiger partial charge in [0, 0.05) is 12.0 Å². The van der Waals surface area contributed by atoms with Gasteiger partial charge in [-0.1, -0.05) is 18.2 Å². The van der Waals surface area contributed by atoms with Gasteiger partial charge in [-0.2, -0.15) is 0 Å². The Morgan fingerprint density at radius 2 is 1.90 bits per heavy atom. The molecule has 0 aliphatic carbocycles. The Morgan fingerprint density at radius 3 is 2.52 bits per heavy atom. The van der Waals surface area contributed by atoms with Gasteiger partial charge in [0.2, 0.25) is 0 Å². The smallest absolute Gasteiger partial charge is 0.126 e. The van der Waals surface area contributed by atoms with Gasteiger partial charge in [-0.3, -0.25) is 0 Å². The van der Waals surface area contributed by atoms with Crippen LogP contribution in [0.2, 0.25) is 0 Å². The number of hydrogen-bond donors (Lipinski definition) is 1. The Balaban J connectivity index is 2.28. The lowest BCUT2D eigenvalue weighted by atomic mass is 9.91. The fourth-order valence-corrected chi connectivity index (χ4v) is 2.42. The average molecular weight is 289 g/mol. The van der Waals surface area contributed by atoms with Crippen LogP contribution in [-0.4, -0.2) is 20.8 Å². The summed E-state index contributed by atoms with van der Waals surface area (Å²) >= 11 is 0. The van der Waals surface area contributed by atoms with Gasteiger partial charge < -0.3 is 15.2 Å². The number of ether oxygens (including phenoxy) is 2. The minimum Gasteiger partial charge on any atom is -0.497 e. The summed E-state index contributed by atoms with van der Waals surface area (Å²) in [4.78, 5) is 0. The maximum atomic E-state index is 13.3. The van der Waals surface area contributed by atoms with Crippen molar-refractivity contribution < 1.29 is 13.9 Å². The molecule has 1 atom stereocenters. The minimum atomic E-state index is -0.232. The van der Waals surface area contributed by atoms with Crippen LogP contribution in [0.15, 0.2) is 42.5 Å². The van der Waals surface area contributed by atoms with Crippen LogP contribution in [-0.2, 0) is 6.42 Å². The molecule has 0 saturated heterocycles. The van der Waals surface area contributed by atoms with Gasteiger partial charge in [0.15, 0.2) is 0 Å². The lowest BCUT2D eigenvalue weighted by Crippen LogP contribution is -2.16. The molecule has 0 spiro atoms. The van der Waals surface area contributed by atoms with Crippen LogP contribution >= 0.6 is 0 Å². The molecule has 0 fully saturated rings. The normalized spacial score (nSPS) is 12.0. The third-order valence-corrected chi connectivity index (χ3v) is 3.54. The van der Waals surface area contributed by atoms with E-state index >= 15 is 0 Å². The lowest BCUT2D eigenvalue weighted by Gasteiger charge is -2.19. The number of methoxy groups -OCH3 is 2. The Hall–Kier alpha value is -2.07. The highest BCUT2D eigenvalue weighted by molar-refractivity contribution is 5.43. The third-order valence-electron chi connectivity index (χ3n) is 3.54. The summed E-state index contributed by atoms with van der Waals surface area (Å²) < 4.78 is 23.9. The van der Waals surface area contributed by atoms with Crippen LogP contribution in [0.1, 0.15) is 17.0 Å². The van der Waals surface area contributed by atoms with Crippen LogP contribution in [0.25, 0.3) is 0 Å². The number of rotatable bonds is 6. The number of hydrogen-bond acceptors (Lipinski definition) is 3. The van der Waals surface area contributed by atoms with Crippen molar-refractivity contribution in [1.82, 2.24) is 0 Å². The second kappa shape index (κ2) is 7.09. The van der Waals surface area contributed by atoms with Crippen LogP contribution < -0.4 is 15.2 Å². The van der Waals surface area contributed by atoms with Gasteiger partial charge in [0.25, 0.3) is 0 Å². The Morgan fingerprint density at radius 1 is 1.10 bits per heavy atom. The van der Waals surface area contributed by atoms with Crippen molar-refractivity contribution in [3.8, 4) is 11.5 Å². The highest BCUT2D eigenvalue weighted by atomic mass is 19.1. The molecule has 0 radical (unpaired) electrons. The summed E-state index contributed by atoms with van der Waals surface area (Å²) in [5.74, 6) is 1.30. The van der Waals surface area contributed by atoms with Crippen LogP contribution in [0.4, 0.5) is 4.39 Å². The maximum Gasteiger partial charge on any atom is 0.126 e. The van der Waals surface area contributed by atoms with E-state index < -0.39 is 0 Å². The fraction of sp³-hybridized carbons (Fsp3) is 0.294. The van der Waals surface area contributed by atoms with E-state index in [2.05, 4.69) is 0 Å². The minimum absolute atomic E-state index is 0.0626. The fourth-order valence-electron chi connectivity index (χ4n) is 2.42. The molecule has 0 aliphatic heterocycles. The summed E-state index contributed by atoms with van der Waals surface area (Å²) in [6.07, 6.45) is 0.664. The molecule has 2 aromatic carbocycles. The van der Waals surface area contributed by atoms with E-state index in [1.54, 1.807) is 26.4 Å². The van der Waals surface area contributed by atoms with Crippen LogP contribution in [0.3, 0.4) is 0 Å². The summed E-state index contributed by atoms with van der Waals surface area (Å²) in [6.45, 7) is 0.458. The topological polar surface area (TPSA) is 44.5 Å². The lowest BCUT2D eigenvalue weighted by molar-refractivity contribution is 0.388. The monoisotopic (exact) mass is 289 g/mol. The largest absolute Gasteiger partial charge is 0.497 e. The van der Waals surface area contributed by atoms with Crippen molar-refractivity contribution in [3.63, 3.8) is 0 Å². The molecule has 2 rings (SSSR count). The zero-order valence-electron chi connectivity index (χ0n) is 12.3. The van der Waals surface area contributed by atoms with E-state index in [9.17, 15) is 4.39 Å². The second-order valence-electron chi connectivity index (χ2n) is 4.87. The summed E-state index contributed by atoms with van der Waals surface area (Å²) in [5.41, 5.74) is 7.83. The van der Waals surface area contributed by atoms with Crippen molar-refractivity contribution >= 4 is 0 Å². The standard InChI is InChI=1S/C17H20FNO2/c1-20-15-6-7-16(17(10-15)21-2)13(11-19)8-12-4-3-5-14(18)9-12/h3-7,9-10,13H,8,11,19H2,1-2H3. The van der Waals surface area contributed by atoms with E-state index in [1.807, 2.05) is 24.3 Å². The third kappa shape index (κ3) is 3.73. The first kappa shape index (κ1) is 15.3. The van der Waals surface area contributed by atoms with Crippen molar-refractivity contribution in [1.29, 1.82) is 0 Å². The molecule has 0 aromatic heterocycles. The van der Waals surface area contributed by atoms with Crippen molar-refractivity contribution in [2.75, 3.05) is 20.8 Å². The predicted octanol–water partition coefficient (Wildman–Crippen LogP) is 3.13. The number of halogens is 1. The van der Waals surface area contributed by atoms with Gasteiger partial charge in [-0.05, 0) is 42.3 Å². The molecular formula is C17H20FNO2. The van der Waals surface area contributed by atoms with Gasteiger partial charge in [0.05, 0.1) is 14.2 Å². The van der Waals surface area contributed by atoms with E-state index in [0.29, 0.717) is 13.0 Å². The predicted molar refractivity (Wildman–Crippen MR) is 81.4 cm³/mol. The zero-order chi connectivity index (χ0) is 15.2. The molecule has 3 nitrogen and oxygen atoms in total. The van der Waals surface area contributed by atoms with Crippen LogP contribution in [0, 0.1) is 5.82 Å². The summed E-state index contributed by atoms with van der Waals surface area (Å²) in [7, 11) is 3.23. The zero-order valence-corrected chi connectivity index (χ0v) is 12.3. The van der Waals surface area contributed by atoms with Gasteiger partial charge in [-0.25, -0.2) is 4.39 Å². The molecule has 0 heterocycles. The first-order valence-electron chi connectivity index (χ1n) is 6.84. The highest BCUT2D eigenvalue weighted by Gasteiger charge is 2.16. The van der Waals surface area contributed by atoms with E-state index in [1.165, 1.54) is 6.07 Å². The van der Waals surface area contributed by atoms with Crippen molar-refractivity contribution in [2.24, 2.45) is 5.73 Å². The second-order valence-corrected chi connectivity index (χ2v) is 4.87. The summed E-state index contributed by atoms with van der Waals surface area (Å²) in [6, 6.07) is 12.3. The molecule has 0 saturated carbocycles. The van der Waals surface area contributed by atoms with Crippen molar-refractivity contribution in [3.05, 3.63) is 59.4 Å². The Bertz CT molecular complexity index is 601. The Labute approximate surface area is 124 Å². The molecular weight excluding hydrogens is 269 g/mol. The van der Waals surface area contributed by atoms with Crippen molar-refractivity contribution in [2.45, 2.75) is 12.3 Å². The van der Waals surface area contributed by atoms with E-state index in [4.69, 9.17) is 15.2 Å². The first-order valence-corrected chi connectivity index (χ1v) is 6.84. The molecule has 21 heavy (non-hydrogen) atoms. The first-order chi connectivity index (χ1) is 10.2. The quantitative estimate of drug-likeness (QED) is 0.888. The maximum absolute atomic E-state index is 13.3. The molecule has 2 aromatic rings. The van der Waals surface area contributed by atoms with E-state index in [0.717, 1.165) is 22.6 Å². The SMILES string of the molecule is COc1ccc(C(CN)Cc2cccc(F)c2)c(OC)c1. The molecule has 1 unspecified atom stereocenters.